The molecule has 0 N–H and O–H groups in total. The number of allylic oxidation sites excluding steroid dienone is 3. The van der Waals surface area contributed by atoms with Crippen LogP contribution in [-0.2, 0) is 39.6 Å². The number of para-hydroxylation sites is 1. The fourth-order valence-corrected chi connectivity index (χ4v) is 11.8. The summed E-state index contributed by atoms with van der Waals surface area (Å²) in [6.07, 6.45) is 8.14. The van der Waals surface area contributed by atoms with Gasteiger partial charge >= 0.3 is 0 Å². The molecule has 13 nitrogen and oxygen atoms in total. The number of nitrogens with zero attached hydrogens (tertiary/aromatic N) is 7. The smallest absolute Gasteiger partial charge is 0.289 e. The number of fused-ring (bicyclic) bond motifs is 2. The summed E-state index contributed by atoms with van der Waals surface area (Å²) in [5.74, 6) is 1.16. The number of benzene rings is 3. The van der Waals surface area contributed by atoms with Gasteiger partial charge in [-0.3, -0.25) is 15.0 Å². The average Bonchev–Trinajstić information content (AvgIpc) is 3.63. The van der Waals surface area contributed by atoms with Crippen LogP contribution in [-0.4, -0.2) is 81.9 Å². The van der Waals surface area contributed by atoms with Gasteiger partial charge in [-0.25, -0.2) is 30.8 Å². The molecule has 5 aromatic rings. The molecule has 0 amide bonds. The summed E-state index contributed by atoms with van der Waals surface area (Å²) in [4.78, 5) is 25.6. The zero-order chi connectivity index (χ0) is 39.4. The topological polar surface area (TPSA) is 152 Å². The molecule has 0 saturated carbocycles. The number of hydrogen-bond donors (Lipinski definition) is 0. The van der Waals surface area contributed by atoms with Crippen molar-refractivity contribution in [2.45, 2.75) is 62.4 Å². The number of sulfonamides is 1. The van der Waals surface area contributed by atoms with Gasteiger partial charge in [0.1, 0.15) is 10.6 Å². The second-order valence-electron chi connectivity index (χ2n) is 15.1. The molecule has 1 fully saturated rings. The van der Waals surface area contributed by atoms with Crippen LogP contribution in [0, 0.1) is 10.1 Å². The van der Waals surface area contributed by atoms with E-state index in [1.54, 1.807) is 44.3 Å². The molecule has 2 aromatic heterocycles. The minimum absolute atomic E-state index is 0.0928. The monoisotopic (exact) mass is 793 g/mol. The lowest BCUT2D eigenvalue weighted by Gasteiger charge is -2.41. The molecule has 2 aliphatic heterocycles. The minimum Gasteiger partial charge on any atom is -0.353 e. The van der Waals surface area contributed by atoms with Gasteiger partial charge in [0.05, 0.1) is 16.1 Å². The maximum absolute atomic E-state index is 14.2. The summed E-state index contributed by atoms with van der Waals surface area (Å²) >= 11 is 0. The molecule has 1 aliphatic carbocycles. The molecule has 56 heavy (non-hydrogen) atoms. The molecule has 15 heteroatoms. The van der Waals surface area contributed by atoms with E-state index in [0.29, 0.717) is 60.6 Å². The molecule has 0 radical (unpaired) electrons. The Kier molecular flexibility index (Phi) is 9.67. The van der Waals surface area contributed by atoms with E-state index in [1.165, 1.54) is 38.1 Å². The van der Waals surface area contributed by atoms with E-state index >= 15 is 0 Å². The largest absolute Gasteiger partial charge is 0.353 e. The van der Waals surface area contributed by atoms with Crippen LogP contribution in [0.1, 0.15) is 44.0 Å². The summed E-state index contributed by atoms with van der Waals surface area (Å²) in [6, 6.07) is 22.5. The summed E-state index contributed by atoms with van der Waals surface area (Å²) in [6.45, 7) is 8.27. The van der Waals surface area contributed by atoms with Crippen molar-refractivity contribution < 1.29 is 21.8 Å². The fraction of sp³-hybridized carbons (Fsp3) is 0.317. The van der Waals surface area contributed by atoms with Crippen LogP contribution in [0.2, 0.25) is 0 Å². The molecule has 1 saturated heterocycles. The van der Waals surface area contributed by atoms with Gasteiger partial charge in [-0.2, -0.15) is 4.31 Å². The van der Waals surface area contributed by atoms with Gasteiger partial charge in [0.15, 0.2) is 10.7 Å². The van der Waals surface area contributed by atoms with Crippen molar-refractivity contribution in [2.75, 3.05) is 31.1 Å². The van der Waals surface area contributed by atoms with Crippen LogP contribution >= 0.6 is 0 Å². The van der Waals surface area contributed by atoms with Crippen LogP contribution < -0.4 is 4.90 Å². The average molecular weight is 794 g/mol. The highest BCUT2D eigenvalue weighted by Gasteiger charge is 2.41. The van der Waals surface area contributed by atoms with Crippen LogP contribution in [0.4, 0.5) is 11.5 Å². The molecule has 8 rings (SSSR count). The molecule has 0 bridgehead atoms. The Balaban J connectivity index is 1.18. The van der Waals surface area contributed by atoms with Crippen LogP contribution in [0.25, 0.3) is 22.3 Å². The highest BCUT2D eigenvalue weighted by Crippen LogP contribution is 2.38. The van der Waals surface area contributed by atoms with Gasteiger partial charge in [-0.05, 0) is 51.0 Å². The van der Waals surface area contributed by atoms with E-state index in [1.807, 2.05) is 43.3 Å². The molecule has 2 atom stereocenters. The molecular formula is C41H43N7O6S2. The van der Waals surface area contributed by atoms with Crippen LogP contribution in [0.5, 0.6) is 0 Å². The maximum atomic E-state index is 14.2. The number of nitro benzene ring substituents is 1. The third-order valence-electron chi connectivity index (χ3n) is 11.1. The SMILES string of the molecule is CC1=CC=CC(C)(S(=O)(=O)n2ccc3c(-c4nc5c(c(N6CCN(S(=O)(=O)c7ccccc7[N+](=O)[O-])[C@H](C)C6)n4)CN(Cc4ccccc4)CC5)cccc32)C1. The highest BCUT2D eigenvalue weighted by atomic mass is 32.2. The van der Waals surface area contributed by atoms with Gasteiger partial charge in [0.2, 0.25) is 20.0 Å². The van der Waals surface area contributed by atoms with Gasteiger partial charge in [0.25, 0.3) is 5.69 Å². The third-order valence-corrected chi connectivity index (χ3v) is 15.5. The Bertz CT molecular complexity index is 2640. The molecule has 1 unspecified atom stereocenters. The molecule has 0 spiro atoms. The van der Waals surface area contributed by atoms with Crippen molar-refractivity contribution in [2.24, 2.45) is 0 Å². The second kappa shape index (κ2) is 14.4. The van der Waals surface area contributed by atoms with E-state index in [2.05, 4.69) is 21.9 Å². The number of hydrogen-bond acceptors (Lipinski definition) is 10. The van der Waals surface area contributed by atoms with Crippen molar-refractivity contribution in [1.82, 2.24) is 23.1 Å². The Labute approximate surface area is 326 Å². The van der Waals surface area contributed by atoms with Crippen LogP contribution in [0.15, 0.2) is 114 Å². The maximum Gasteiger partial charge on any atom is 0.289 e. The second-order valence-corrected chi connectivity index (χ2v) is 19.2. The quantitative estimate of drug-likeness (QED) is 0.123. The zero-order valence-corrected chi connectivity index (χ0v) is 33.1. The Morgan fingerprint density at radius 3 is 2.45 bits per heavy atom. The molecule has 4 heterocycles. The first-order chi connectivity index (χ1) is 26.8. The lowest BCUT2D eigenvalue weighted by molar-refractivity contribution is -0.387. The van der Waals surface area contributed by atoms with Crippen molar-refractivity contribution in [1.29, 1.82) is 0 Å². The summed E-state index contributed by atoms with van der Waals surface area (Å²) in [5, 5.41) is 12.5. The third kappa shape index (κ3) is 6.61. The van der Waals surface area contributed by atoms with Crippen LogP contribution in [0.3, 0.4) is 0 Å². The molecular weight excluding hydrogens is 751 g/mol. The van der Waals surface area contributed by atoms with Crippen molar-refractivity contribution >= 4 is 42.5 Å². The van der Waals surface area contributed by atoms with Gasteiger partial charge < -0.3 is 4.90 Å². The standard InChI is InChI=1S/C41H43N7O6S2/c1-29-11-10-20-41(3,25-29)56(53,54)47-22-18-32-33(14-9-16-36(32)47)39-42-35-19-21-44(27-31-12-5-4-6-13-31)28-34(35)40(43-39)45-23-24-46(30(2)26-45)55(51,52)38-17-8-7-15-37(38)48(49)50/h4-18,20,22,30H,19,21,23-28H2,1-3H3/t30-,41?/m1/s1. The predicted octanol–water partition coefficient (Wildman–Crippen LogP) is 6.31. The van der Waals surface area contributed by atoms with Gasteiger partial charge in [-0.1, -0.05) is 78.4 Å². The van der Waals surface area contributed by atoms with E-state index in [0.717, 1.165) is 29.9 Å². The van der Waals surface area contributed by atoms with E-state index in [4.69, 9.17) is 9.97 Å². The number of rotatable bonds is 9. The predicted molar refractivity (Wildman–Crippen MR) is 216 cm³/mol. The number of piperazine rings is 1. The normalized spacial score (nSPS) is 20.9. The summed E-state index contributed by atoms with van der Waals surface area (Å²) < 4.78 is 57.9. The van der Waals surface area contributed by atoms with E-state index < -0.39 is 41.4 Å². The van der Waals surface area contributed by atoms with E-state index in [9.17, 15) is 26.9 Å². The Hall–Kier alpha value is -5.22. The molecule has 290 valence electrons. The highest BCUT2D eigenvalue weighted by molar-refractivity contribution is 7.91. The molecule has 3 aromatic carbocycles. The first kappa shape index (κ1) is 37.7. The molecule has 3 aliphatic rings. The van der Waals surface area contributed by atoms with Gasteiger partial charge in [0, 0.05) is 80.5 Å². The minimum atomic E-state index is -4.19. The lowest BCUT2D eigenvalue weighted by atomic mass is 9.96. The number of anilines is 1. The van der Waals surface area contributed by atoms with Crippen molar-refractivity contribution in [3.8, 4) is 11.4 Å². The first-order valence-corrected chi connectivity index (χ1v) is 21.5. The Morgan fingerprint density at radius 1 is 0.929 bits per heavy atom. The summed E-state index contributed by atoms with van der Waals surface area (Å²) in [5.41, 5.74) is 4.80. The first-order valence-electron chi connectivity index (χ1n) is 18.6. The van der Waals surface area contributed by atoms with Crippen molar-refractivity contribution in [3.63, 3.8) is 0 Å². The number of aromatic nitrogens is 3. The Morgan fingerprint density at radius 2 is 1.70 bits per heavy atom. The number of nitro groups is 1. The zero-order valence-electron chi connectivity index (χ0n) is 31.4. The fourth-order valence-electron chi connectivity index (χ4n) is 8.29. The van der Waals surface area contributed by atoms with Gasteiger partial charge in [-0.15, -0.1) is 0 Å². The summed E-state index contributed by atoms with van der Waals surface area (Å²) in [7, 11) is -8.05. The lowest BCUT2D eigenvalue weighted by Crippen LogP contribution is -2.54. The van der Waals surface area contributed by atoms with E-state index in [-0.39, 0.29) is 11.4 Å². The van der Waals surface area contributed by atoms with Crippen molar-refractivity contribution in [3.05, 3.63) is 136 Å².